The van der Waals surface area contributed by atoms with E-state index in [1.54, 1.807) is 0 Å². The zero-order valence-electron chi connectivity index (χ0n) is 14.9. The number of hydrogen-bond donors (Lipinski definition) is 1. The van der Waals surface area contributed by atoms with E-state index in [1.165, 1.54) is 39.1 Å². The second-order valence-electron chi connectivity index (χ2n) is 6.24. The van der Waals surface area contributed by atoms with Crippen LogP contribution in [0.3, 0.4) is 0 Å². The number of allylic oxidation sites excluding steroid dienone is 1. The fraction of sp³-hybridized carbons (Fsp3) is 0.333. The molecular weight excluding hydrogens is 298 g/mol. The zero-order valence-corrected chi connectivity index (χ0v) is 15.7. The third kappa shape index (κ3) is 4.20. The molecule has 0 radical (unpaired) electrons. The van der Waals surface area contributed by atoms with Crippen molar-refractivity contribution in [2.75, 3.05) is 5.32 Å². The second-order valence-corrected chi connectivity index (χ2v) is 7.22. The molecule has 0 amide bonds. The van der Waals surface area contributed by atoms with E-state index in [0.29, 0.717) is 0 Å². The smallest absolute Gasteiger partial charge is 0.0457 e. The van der Waals surface area contributed by atoms with Crippen molar-refractivity contribution in [3.8, 4) is 0 Å². The predicted molar refractivity (Wildman–Crippen MR) is 105 cm³/mol. The molecule has 0 aromatic heterocycles. The summed E-state index contributed by atoms with van der Waals surface area (Å²) in [7, 11) is 0. The summed E-state index contributed by atoms with van der Waals surface area (Å²) in [4.78, 5) is 0. The van der Waals surface area contributed by atoms with Crippen LogP contribution in [-0.2, 0) is 11.5 Å². The Bertz CT molecular complexity index is 702. The molecule has 23 heavy (non-hydrogen) atoms. The Labute approximate surface area is 145 Å². The van der Waals surface area contributed by atoms with Crippen LogP contribution in [0.25, 0.3) is 0 Å². The van der Waals surface area contributed by atoms with Crippen LogP contribution in [-0.4, -0.2) is 0 Å². The Kier molecular flexibility index (Phi) is 5.95. The molecule has 0 unspecified atom stereocenters. The van der Waals surface area contributed by atoms with E-state index >= 15 is 0 Å². The Morgan fingerprint density at radius 2 is 1.52 bits per heavy atom. The van der Waals surface area contributed by atoms with Gasteiger partial charge in [-0.1, -0.05) is 36.9 Å². The van der Waals surface area contributed by atoms with Gasteiger partial charge in [-0.05, 0) is 68.0 Å². The maximum atomic E-state index is 4.02. The number of hydrogen-bond acceptors (Lipinski definition) is 2. The molecule has 0 aliphatic rings. The normalized spacial score (nSPS) is 10.7. The maximum absolute atomic E-state index is 4.02. The van der Waals surface area contributed by atoms with E-state index in [1.807, 2.05) is 18.7 Å². The fourth-order valence-electron chi connectivity index (χ4n) is 2.80. The van der Waals surface area contributed by atoms with Crippen LogP contribution in [0.4, 0.5) is 5.69 Å². The molecule has 0 aliphatic carbocycles. The Morgan fingerprint density at radius 3 is 2.13 bits per heavy atom. The number of nitrogens with one attached hydrogen (secondary N) is 1. The van der Waals surface area contributed by atoms with Gasteiger partial charge in [-0.25, -0.2) is 0 Å². The van der Waals surface area contributed by atoms with Crippen LogP contribution in [0.1, 0.15) is 40.3 Å². The predicted octanol–water partition coefficient (Wildman–Crippen LogP) is 6.30. The van der Waals surface area contributed by atoms with E-state index in [2.05, 4.69) is 69.9 Å². The summed E-state index contributed by atoms with van der Waals surface area (Å²) in [5.41, 5.74) is 10.6. The van der Waals surface area contributed by atoms with Gasteiger partial charge in [0.1, 0.15) is 0 Å². The molecule has 1 N–H and O–H groups in total. The van der Waals surface area contributed by atoms with E-state index in [9.17, 15) is 0 Å². The minimum absolute atomic E-state index is 0.991. The fourth-order valence-corrected chi connectivity index (χ4v) is 3.89. The van der Waals surface area contributed by atoms with Crippen molar-refractivity contribution in [2.24, 2.45) is 0 Å². The lowest BCUT2D eigenvalue weighted by atomic mass is 9.93. The maximum Gasteiger partial charge on any atom is 0.0457 e. The van der Waals surface area contributed by atoms with Gasteiger partial charge >= 0.3 is 0 Å². The highest BCUT2D eigenvalue weighted by Gasteiger charge is 2.15. The van der Waals surface area contributed by atoms with Gasteiger partial charge < -0.3 is 5.32 Å². The summed E-state index contributed by atoms with van der Waals surface area (Å²) < 4.78 is 0. The summed E-state index contributed by atoms with van der Waals surface area (Å²) in [5, 5.41) is 3.49. The molecule has 1 nitrogen and oxygen atoms in total. The molecule has 0 bridgehead atoms. The van der Waals surface area contributed by atoms with Crippen molar-refractivity contribution in [3.05, 3.63) is 76.0 Å². The third-order valence-corrected chi connectivity index (χ3v) is 5.54. The number of anilines is 1. The molecular formula is C21H27NS. The van der Waals surface area contributed by atoms with Crippen molar-refractivity contribution >= 4 is 17.4 Å². The topological polar surface area (TPSA) is 12.0 Å². The van der Waals surface area contributed by atoms with Crippen LogP contribution in [0.2, 0.25) is 0 Å². The van der Waals surface area contributed by atoms with Crippen molar-refractivity contribution in [1.29, 1.82) is 0 Å². The monoisotopic (exact) mass is 325 g/mol. The minimum Gasteiger partial charge on any atom is -0.359 e. The van der Waals surface area contributed by atoms with Crippen molar-refractivity contribution in [3.63, 3.8) is 0 Å². The zero-order chi connectivity index (χ0) is 17.0. The van der Waals surface area contributed by atoms with Gasteiger partial charge in [-0.15, -0.1) is 0 Å². The molecule has 2 aromatic carbocycles. The molecule has 0 fully saturated rings. The summed E-state index contributed by atoms with van der Waals surface area (Å²) >= 11 is 1.97. The Balaban J connectivity index is 2.27. The van der Waals surface area contributed by atoms with Crippen molar-refractivity contribution in [1.82, 2.24) is 0 Å². The second kappa shape index (κ2) is 7.74. The van der Waals surface area contributed by atoms with Gasteiger partial charge in [0.15, 0.2) is 0 Å². The largest absolute Gasteiger partial charge is 0.359 e. The highest BCUT2D eigenvalue weighted by molar-refractivity contribution is 7.97. The van der Waals surface area contributed by atoms with Crippen molar-refractivity contribution in [2.45, 2.75) is 46.1 Å². The van der Waals surface area contributed by atoms with Crippen LogP contribution < -0.4 is 5.32 Å². The molecule has 0 spiro atoms. The first kappa shape index (κ1) is 17.7. The molecule has 0 saturated heterocycles. The molecule has 0 heterocycles. The standard InChI is InChI=1S/C21H27NS/c1-14(2)22-21-18(6)16(4)15(3)17(5)20(21)13-23-12-19-10-8-7-9-11-19/h7-11,22H,1,12-13H2,2-6H3. The van der Waals surface area contributed by atoms with Crippen LogP contribution >= 0.6 is 11.8 Å². The first-order chi connectivity index (χ1) is 10.9. The van der Waals surface area contributed by atoms with Crippen LogP contribution in [0.5, 0.6) is 0 Å². The van der Waals surface area contributed by atoms with Crippen molar-refractivity contribution < 1.29 is 0 Å². The van der Waals surface area contributed by atoms with Gasteiger partial charge in [0.2, 0.25) is 0 Å². The molecule has 0 saturated carbocycles. The SMILES string of the molecule is C=C(C)Nc1c(C)c(C)c(C)c(C)c1CSCc1ccccc1. The van der Waals surface area contributed by atoms with E-state index in [4.69, 9.17) is 0 Å². The Hall–Kier alpha value is -1.67. The lowest BCUT2D eigenvalue weighted by Gasteiger charge is -2.22. The molecule has 122 valence electrons. The van der Waals surface area contributed by atoms with E-state index < -0.39 is 0 Å². The lowest BCUT2D eigenvalue weighted by molar-refractivity contribution is 1.15. The lowest BCUT2D eigenvalue weighted by Crippen LogP contribution is -2.06. The van der Waals surface area contributed by atoms with Crippen LogP contribution in [0.15, 0.2) is 42.6 Å². The summed E-state index contributed by atoms with van der Waals surface area (Å²) in [6.45, 7) is 14.9. The van der Waals surface area contributed by atoms with E-state index in [-0.39, 0.29) is 0 Å². The van der Waals surface area contributed by atoms with Crippen LogP contribution in [0, 0.1) is 27.7 Å². The molecule has 0 atom stereocenters. The first-order valence-corrected chi connectivity index (χ1v) is 9.20. The quantitative estimate of drug-likeness (QED) is 0.669. The first-order valence-electron chi connectivity index (χ1n) is 8.05. The minimum atomic E-state index is 0.991. The average Bonchev–Trinajstić information content (AvgIpc) is 2.54. The number of rotatable bonds is 6. The van der Waals surface area contributed by atoms with Gasteiger partial charge in [0, 0.05) is 22.9 Å². The van der Waals surface area contributed by atoms with E-state index in [0.717, 1.165) is 17.2 Å². The number of thioether (sulfide) groups is 1. The summed E-state index contributed by atoms with van der Waals surface area (Å²) in [6.07, 6.45) is 0. The average molecular weight is 326 g/mol. The molecule has 2 heteroatoms. The number of benzene rings is 2. The van der Waals surface area contributed by atoms with Gasteiger partial charge in [0.05, 0.1) is 0 Å². The molecule has 2 rings (SSSR count). The molecule has 2 aromatic rings. The third-order valence-electron chi connectivity index (χ3n) is 4.51. The summed E-state index contributed by atoms with van der Waals surface area (Å²) in [6, 6.07) is 10.7. The highest BCUT2D eigenvalue weighted by atomic mass is 32.2. The highest BCUT2D eigenvalue weighted by Crippen LogP contribution is 2.34. The van der Waals surface area contributed by atoms with Gasteiger partial charge in [-0.2, -0.15) is 11.8 Å². The molecule has 0 aliphatic heterocycles. The van der Waals surface area contributed by atoms with Gasteiger partial charge in [-0.3, -0.25) is 0 Å². The van der Waals surface area contributed by atoms with Gasteiger partial charge in [0.25, 0.3) is 0 Å². The summed E-state index contributed by atoms with van der Waals surface area (Å²) in [5.74, 6) is 2.05. The Morgan fingerprint density at radius 1 is 0.913 bits per heavy atom.